The molecule has 1 aliphatic heterocycles. The molecule has 2 aliphatic rings. The van der Waals surface area contributed by atoms with Gasteiger partial charge in [0.05, 0.1) is 6.61 Å². The van der Waals surface area contributed by atoms with Crippen molar-refractivity contribution < 1.29 is 4.74 Å². The Morgan fingerprint density at radius 1 is 1.19 bits per heavy atom. The van der Waals surface area contributed by atoms with E-state index in [4.69, 9.17) is 4.74 Å². The maximum Gasteiger partial charge on any atom is 0.119 e. The van der Waals surface area contributed by atoms with Crippen molar-refractivity contribution in [1.29, 1.82) is 0 Å². The minimum Gasteiger partial charge on any atom is -0.359 e. The monoisotopic (exact) mass is 217 g/mol. The van der Waals surface area contributed by atoms with Gasteiger partial charge in [-0.15, -0.1) is 0 Å². The van der Waals surface area contributed by atoms with E-state index in [0.717, 1.165) is 13.0 Å². The van der Waals surface area contributed by atoms with Crippen molar-refractivity contribution >= 4 is 0 Å². The molecule has 2 nitrogen and oxygen atoms in total. The van der Waals surface area contributed by atoms with Crippen LogP contribution in [0.5, 0.6) is 0 Å². The van der Waals surface area contributed by atoms with Crippen LogP contribution in [-0.2, 0) is 11.2 Å². The van der Waals surface area contributed by atoms with Gasteiger partial charge in [-0.2, -0.15) is 0 Å². The molecule has 3 rings (SSSR count). The Labute approximate surface area is 97.0 Å². The van der Waals surface area contributed by atoms with Crippen LogP contribution in [0.2, 0.25) is 0 Å². The van der Waals surface area contributed by atoms with Crippen molar-refractivity contribution in [2.24, 2.45) is 0 Å². The highest BCUT2D eigenvalue weighted by Gasteiger charge is 2.41. The van der Waals surface area contributed by atoms with E-state index in [9.17, 15) is 0 Å². The summed E-state index contributed by atoms with van der Waals surface area (Å²) in [4.78, 5) is 0. The SMILES string of the molecule is c1ccc(C[C@H]2COC3(CCCC3)N2)cc1. The van der Waals surface area contributed by atoms with E-state index >= 15 is 0 Å². The zero-order chi connectivity index (χ0) is 10.8. The van der Waals surface area contributed by atoms with Crippen LogP contribution in [0, 0.1) is 0 Å². The second-order valence-electron chi connectivity index (χ2n) is 5.04. The molecule has 86 valence electrons. The molecule has 1 heterocycles. The summed E-state index contributed by atoms with van der Waals surface area (Å²) in [7, 11) is 0. The molecule has 0 radical (unpaired) electrons. The Morgan fingerprint density at radius 2 is 1.94 bits per heavy atom. The summed E-state index contributed by atoms with van der Waals surface area (Å²) in [5, 5.41) is 3.69. The first-order chi connectivity index (χ1) is 7.86. The molecule has 0 aromatic heterocycles. The topological polar surface area (TPSA) is 21.3 Å². The van der Waals surface area contributed by atoms with Crippen LogP contribution in [0.3, 0.4) is 0 Å². The third-order valence-corrected chi connectivity index (χ3v) is 3.76. The van der Waals surface area contributed by atoms with Crippen LogP contribution in [0.25, 0.3) is 0 Å². The summed E-state index contributed by atoms with van der Waals surface area (Å²) < 4.78 is 5.98. The van der Waals surface area contributed by atoms with Gasteiger partial charge in [-0.1, -0.05) is 30.3 Å². The lowest BCUT2D eigenvalue weighted by molar-refractivity contribution is -0.00358. The van der Waals surface area contributed by atoms with Gasteiger partial charge in [0.25, 0.3) is 0 Å². The molecule has 1 saturated carbocycles. The zero-order valence-corrected chi connectivity index (χ0v) is 9.61. The standard InChI is InChI=1S/C14H19NO/c1-2-6-12(7-3-1)10-13-11-16-14(15-13)8-4-5-9-14/h1-3,6-7,13,15H,4-5,8-11H2/t13-/m0/s1. The van der Waals surface area contributed by atoms with E-state index in [0.29, 0.717) is 6.04 Å². The van der Waals surface area contributed by atoms with Gasteiger partial charge in [0.15, 0.2) is 0 Å². The number of rotatable bonds is 2. The molecule has 1 aromatic carbocycles. The molecule has 2 fully saturated rings. The van der Waals surface area contributed by atoms with E-state index in [1.165, 1.54) is 31.2 Å². The fourth-order valence-electron chi connectivity index (χ4n) is 2.96. The number of hydrogen-bond acceptors (Lipinski definition) is 2. The van der Waals surface area contributed by atoms with Gasteiger partial charge in [-0.3, -0.25) is 5.32 Å². The molecule has 1 saturated heterocycles. The molecule has 2 heteroatoms. The van der Waals surface area contributed by atoms with E-state index in [1.54, 1.807) is 0 Å². The van der Waals surface area contributed by atoms with Gasteiger partial charge in [-0.25, -0.2) is 0 Å². The quantitative estimate of drug-likeness (QED) is 0.821. The van der Waals surface area contributed by atoms with Crippen LogP contribution < -0.4 is 5.32 Å². The number of benzene rings is 1. The molecule has 1 aliphatic carbocycles. The lowest BCUT2D eigenvalue weighted by Crippen LogP contribution is -2.42. The van der Waals surface area contributed by atoms with E-state index in [1.807, 2.05) is 0 Å². The maximum absolute atomic E-state index is 5.98. The highest BCUT2D eigenvalue weighted by molar-refractivity contribution is 5.16. The highest BCUT2D eigenvalue weighted by atomic mass is 16.5. The summed E-state index contributed by atoms with van der Waals surface area (Å²) >= 11 is 0. The molecule has 0 unspecified atom stereocenters. The molecule has 1 aromatic rings. The Hall–Kier alpha value is -0.860. The minimum absolute atomic E-state index is 0.0411. The highest BCUT2D eigenvalue weighted by Crippen LogP contribution is 2.34. The van der Waals surface area contributed by atoms with Crippen molar-refractivity contribution in [2.75, 3.05) is 6.61 Å². The first kappa shape index (κ1) is 10.3. The first-order valence-corrected chi connectivity index (χ1v) is 6.32. The lowest BCUT2D eigenvalue weighted by atomic mass is 10.1. The normalized spacial score (nSPS) is 27.6. The molecular weight excluding hydrogens is 198 g/mol. The fraction of sp³-hybridized carbons (Fsp3) is 0.571. The van der Waals surface area contributed by atoms with Crippen molar-refractivity contribution in [3.05, 3.63) is 35.9 Å². The van der Waals surface area contributed by atoms with Crippen LogP contribution in [0.4, 0.5) is 0 Å². The Morgan fingerprint density at radius 3 is 2.69 bits per heavy atom. The average Bonchev–Trinajstić information content (AvgIpc) is 2.92. The zero-order valence-electron chi connectivity index (χ0n) is 9.61. The fourth-order valence-corrected chi connectivity index (χ4v) is 2.96. The summed E-state index contributed by atoms with van der Waals surface area (Å²) in [6.45, 7) is 0.870. The van der Waals surface area contributed by atoms with E-state index in [-0.39, 0.29) is 5.72 Å². The van der Waals surface area contributed by atoms with Crippen LogP contribution in [0.1, 0.15) is 31.2 Å². The molecule has 16 heavy (non-hydrogen) atoms. The van der Waals surface area contributed by atoms with Gasteiger partial charge in [0, 0.05) is 6.04 Å². The largest absolute Gasteiger partial charge is 0.359 e. The van der Waals surface area contributed by atoms with Crippen molar-refractivity contribution in [1.82, 2.24) is 5.32 Å². The second kappa shape index (κ2) is 4.19. The van der Waals surface area contributed by atoms with Crippen LogP contribution in [-0.4, -0.2) is 18.4 Å². The summed E-state index contributed by atoms with van der Waals surface area (Å²) in [5.74, 6) is 0. The number of ether oxygens (including phenoxy) is 1. The van der Waals surface area contributed by atoms with Gasteiger partial charge >= 0.3 is 0 Å². The van der Waals surface area contributed by atoms with Gasteiger partial charge < -0.3 is 4.74 Å². The number of nitrogens with one attached hydrogen (secondary N) is 1. The van der Waals surface area contributed by atoms with E-state index in [2.05, 4.69) is 35.6 Å². The number of hydrogen-bond donors (Lipinski definition) is 1. The van der Waals surface area contributed by atoms with Crippen LogP contribution in [0.15, 0.2) is 30.3 Å². The van der Waals surface area contributed by atoms with Gasteiger partial charge in [0.2, 0.25) is 0 Å². The van der Waals surface area contributed by atoms with Gasteiger partial charge in [0.1, 0.15) is 5.72 Å². The molecular formula is C14H19NO. The Balaban J connectivity index is 1.62. The summed E-state index contributed by atoms with van der Waals surface area (Å²) in [6.07, 6.45) is 6.09. The lowest BCUT2D eigenvalue weighted by Gasteiger charge is -2.23. The van der Waals surface area contributed by atoms with Crippen molar-refractivity contribution in [3.8, 4) is 0 Å². The molecule has 1 N–H and O–H groups in total. The third-order valence-electron chi connectivity index (χ3n) is 3.76. The van der Waals surface area contributed by atoms with Gasteiger partial charge in [-0.05, 0) is 37.7 Å². The second-order valence-corrected chi connectivity index (χ2v) is 5.04. The van der Waals surface area contributed by atoms with Crippen molar-refractivity contribution in [2.45, 2.75) is 43.9 Å². The van der Waals surface area contributed by atoms with E-state index < -0.39 is 0 Å². The third kappa shape index (κ3) is 2.00. The molecule has 1 spiro atoms. The molecule has 1 atom stereocenters. The first-order valence-electron chi connectivity index (χ1n) is 6.32. The average molecular weight is 217 g/mol. The van der Waals surface area contributed by atoms with Crippen molar-refractivity contribution in [3.63, 3.8) is 0 Å². The summed E-state index contributed by atoms with van der Waals surface area (Å²) in [6, 6.07) is 11.2. The van der Waals surface area contributed by atoms with Crippen LogP contribution >= 0.6 is 0 Å². The molecule has 0 amide bonds. The molecule has 0 bridgehead atoms. The minimum atomic E-state index is 0.0411. The summed E-state index contributed by atoms with van der Waals surface area (Å²) in [5.41, 5.74) is 1.44. The Bertz CT molecular complexity index is 343. The smallest absolute Gasteiger partial charge is 0.119 e. The Kier molecular flexibility index (Phi) is 2.70. The predicted octanol–water partition coefficient (Wildman–Crippen LogP) is 2.49. The maximum atomic E-state index is 5.98. The predicted molar refractivity (Wildman–Crippen MR) is 64.2 cm³/mol.